The van der Waals surface area contributed by atoms with Crippen LogP contribution in [0.1, 0.15) is 11.1 Å². The Morgan fingerprint density at radius 2 is 1.95 bits per heavy atom. The Hall–Kier alpha value is -1.43. The van der Waals surface area contributed by atoms with Crippen molar-refractivity contribution in [1.29, 1.82) is 0 Å². The van der Waals surface area contributed by atoms with Gasteiger partial charge in [-0.3, -0.25) is 4.79 Å². The van der Waals surface area contributed by atoms with Gasteiger partial charge >= 0.3 is 0 Å². The van der Waals surface area contributed by atoms with Gasteiger partial charge in [0, 0.05) is 19.2 Å². The number of amides is 1. The molecule has 0 saturated carbocycles. The lowest BCUT2D eigenvalue weighted by Gasteiger charge is -2.36. The summed E-state index contributed by atoms with van der Waals surface area (Å²) in [7, 11) is 5.67. The standard InChI is InChI=1S/C16H25N3O2/c1-19(2)16(11-18-15(20)14(17)10-21-3)8-12-6-4-5-7-13(12)9-16/h4-7,14H,8-11,17H2,1-3H3,(H,18,20). The van der Waals surface area contributed by atoms with Crippen LogP contribution in [-0.4, -0.2) is 56.7 Å². The van der Waals surface area contributed by atoms with E-state index in [9.17, 15) is 4.79 Å². The van der Waals surface area contributed by atoms with E-state index in [1.165, 1.54) is 11.1 Å². The lowest BCUT2D eigenvalue weighted by atomic mass is 9.94. The number of benzene rings is 1. The molecule has 1 aromatic carbocycles. The Balaban J connectivity index is 2.04. The van der Waals surface area contributed by atoms with Crippen molar-refractivity contribution in [3.05, 3.63) is 35.4 Å². The summed E-state index contributed by atoms with van der Waals surface area (Å²) < 4.78 is 4.92. The van der Waals surface area contributed by atoms with Crippen molar-refractivity contribution in [3.63, 3.8) is 0 Å². The average molecular weight is 291 g/mol. The smallest absolute Gasteiger partial charge is 0.239 e. The molecule has 0 aromatic heterocycles. The number of hydrogen-bond acceptors (Lipinski definition) is 4. The van der Waals surface area contributed by atoms with Crippen molar-refractivity contribution < 1.29 is 9.53 Å². The monoisotopic (exact) mass is 291 g/mol. The van der Waals surface area contributed by atoms with Crippen LogP contribution >= 0.6 is 0 Å². The predicted molar refractivity (Wildman–Crippen MR) is 83.1 cm³/mol. The normalized spacial score (nSPS) is 17.6. The minimum absolute atomic E-state index is 0.0772. The van der Waals surface area contributed by atoms with E-state index in [1.807, 2.05) is 0 Å². The number of nitrogens with zero attached hydrogens (tertiary/aromatic N) is 1. The molecule has 1 amide bonds. The van der Waals surface area contributed by atoms with Gasteiger partial charge in [-0.15, -0.1) is 0 Å². The molecule has 2 rings (SSSR count). The molecule has 5 heteroatoms. The number of ether oxygens (including phenoxy) is 1. The number of likely N-dealkylation sites (N-methyl/N-ethyl adjacent to an activating group) is 1. The number of methoxy groups -OCH3 is 1. The quantitative estimate of drug-likeness (QED) is 0.784. The van der Waals surface area contributed by atoms with Gasteiger partial charge in [-0.05, 0) is 38.1 Å². The van der Waals surface area contributed by atoms with Crippen LogP contribution in [0.25, 0.3) is 0 Å². The van der Waals surface area contributed by atoms with Crippen LogP contribution < -0.4 is 11.1 Å². The molecule has 0 fully saturated rings. The number of hydrogen-bond donors (Lipinski definition) is 2. The molecule has 116 valence electrons. The molecule has 1 aliphatic carbocycles. The molecule has 1 atom stereocenters. The zero-order valence-electron chi connectivity index (χ0n) is 13.1. The van der Waals surface area contributed by atoms with Crippen molar-refractivity contribution in [2.45, 2.75) is 24.4 Å². The molecule has 1 aliphatic rings. The minimum atomic E-state index is -0.613. The van der Waals surface area contributed by atoms with E-state index in [1.54, 1.807) is 7.11 Å². The molecule has 0 bridgehead atoms. The highest BCUT2D eigenvalue weighted by Gasteiger charge is 2.39. The second-order valence-corrected chi connectivity index (χ2v) is 6.02. The van der Waals surface area contributed by atoms with Crippen molar-refractivity contribution in [1.82, 2.24) is 10.2 Å². The van der Waals surface area contributed by atoms with E-state index in [0.717, 1.165) is 12.8 Å². The summed E-state index contributed by atoms with van der Waals surface area (Å²) >= 11 is 0. The summed E-state index contributed by atoms with van der Waals surface area (Å²) in [6, 6.07) is 7.85. The summed E-state index contributed by atoms with van der Waals surface area (Å²) in [4.78, 5) is 14.2. The van der Waals surface area contributed by atoms with Gasteiger partial charge in [0.1, 0.15) is 6.04 Å². The Bertz CT molecular complexity index is 477. The van der Waals surface area contributed by atoms with Gasteiger partial charge < -0.3 is 20.7 Å². The number of carbonyl (C=O) groups excluding carboxylic acids is 1. The van der Waals surface area contributed by atoms with Crippen LogP contribution in [0.15, 0.2) is 24.3 Å². The minimum Gasteiger partial charge on any atom is -0.383 e. The van der Waals surface area contributed by atoms with Crippen molar-refractivity contribution in [3.8, 4) is 0 Å². The zero-order chi connectivity index (χ0) is 15.5. The second-order valence-electron chi connectivity index (χ2n) is 6.02. The number of nitrogens with two attached hydrogens (primary N) is 1. The maximum atomic E-state index is 12.0. The van der Waals surface area contributed by atoms with Crippen LogP contribution in [0.2, 0.25) is 0 Å². The fourth-order valence-electron chi connectivity index (χ4n) is 2.91. The molecule has 0 saturated heterocycles. The second kappa shape index (κ2) is 6.56. The Morgan fingerprint density at radius 3 is 2.43 bits per heavy atom. The Labute approximate surface area is 126 Å². The van der Waals surface area contributed by atoms with E-state index < -0.39 is 6.04 Å². The van der Waals surface area contributed by atoms with E-state index in [2.05, 4.69) is 48.6 Å². The van der Waals surface area contributed by atoms with Gasteiger partial charge in [0.25, 0.3) is 0 Å². The molecule has 0 heterocycles. The Kier molecular flexibility index (Phi) is 4.98. The molecule has 1 aromatic rings. The fourth-order valence-corrected chi connectivity index (χ4v) is 2.91. The summed E-state index contributed by atoms with van der Waals surface area (Å²) in [6.07, 6.45) is 1.88. The maximum absolute atomic E-state index is 12.0. The van der Waals surface area contributed by atoms with Crippen LogP contribution in [0, 0.1) is 0 Å². The summed E-state index contributed by atoms with van der Waals surface area (Å²) in [5.74, 6) is -0.158. The topological polar surface area (TPSA) is 67.6 Å². The van der Waals surface area contributed by atoms with E-state index >= 15 is 0 Å². The first-order valence-corrected chi connectivity index (χ1v) is 7.25. The SMILES string of the molecule is COCC(N)C(=O)NCC1(N(C)C)Cc2ccccc2C1. The number of nitrogens with one attached hydrogen (secondary N) is 1. The van der Waals surface area contributed by atoms with Crippen molar-refractivity contribution in [2.75, 3.05) is 34.4 Å². The molecule has 5 nitrogen and oxygen atoms in total. The number of rotatable bonds is 6. The van der Waals surface area contributed by atoms with Crippen molar-refractivity contribution in [2.24, 2.45) is 5.73 Å². The van der Waals surface area contributed by atoms with Gasteiger partial charge in [0.15, 0.2) is 0 Å². The highest BCUT2D eigenvalue weighted by atomic mass is 16.5. The first-order chi connectivity index (χ1) is 9.98. The van der Waals surface area contributed by atoms with Crippen molar-refractivity contribution >= 4 is 5.91 Å². The molecule has 0 radical (unpaired) electrons. The molecule has 0 aliphatic heterocycles. The molecular weight excluding hydrogens is 266 g/mol. The first kappa shape index (κ1) is 15.9. The third-order valence-corrected chi connectivity index (χ3v) is 4.38. The van der Waals surface area contributed by atoms with Gasteiger partial charge in [-0.25, -0.2) is 0 Å². The van der Waals surface area contributed by atoms with E-state index in [4.69, 9.17) is 10.5 Å². The largest absolute Gasteiger partial charge is 0.383 e. The molecular formula is C16H25N3O2. The zero-order valence-corrected chi connectivity index (χ0v) is 13.1. The molecule has 1 unspecified atom stereocenters. The average Bonchev–Trinajstić information content (AvgIpc) is 2.85. The molecule has 21 heavy (non-hydrogen) atoms. The predicted octanol–water partition coefficient (Wildman–Crippen LogP) is 0.176. The fraction of sp³-hybridized carbons (Fsp3) is 0.562. The maximum Gasteiger partial charge on any atom is 0.239 e. The molecule has 3 N–H and O–H groups in total. The lowest BCUT2D eigenvalue weighted by Crippen LogP contribution is -2.56. The van der Waals surface area contributed by atoms with Gasteiger partial charge in [0.2, 0.25) is 5.91 Å². The van der Waals surface area contributed by atoms with Crippen LogP contribution in [-0.2, 0) is 22.4 Å². The summed E-state index contributed by atoms with van der Waals surface area (Å²) in [6.45, 7) is 0.825. The number of carbonyl (C=O) groups is 1. The summed E-state index contributed by atoms with van der Waals surface area (Å²) in [5, 5.41) is 2.98. The lowest BCUT2D eigenvalue weighted by molar-refractivity contribution is -0.124. The third kappa shape index (κ3) is 3.43. The van der Waals surface area contributed by atoms with Crippen LogP contribution in [0.3, 0.4) is 0 Å². The highest BCUT2D eigenvalue weighted by molar-refractivity contribution is 5.81. The number of fused-ring (bicyclic) bond motifs is 1. The van der Waals surface area contributed by atoms with Crippen LogP contribution in [0.5, 0.6) is 0 Å². The van der Waals surface area contributed by atoms with E-state index in [-0.39, 0.29) is 18.1 Å². The Morgan fingerprint density at radius 1 is 1.38 bits per heavy atom. The summed E-state index contributed by atoms with van der Waals surface area (Å²) in [5.41, 5.74) is 8.41. The highest BCUT2D eigenvalue weighted by Crippen LogP contribution is 2.32. The first-order valence-electron chi connectivity index (χ1n) is 7.25. The van der Waals surface area contributed by atoms with Gasteiger partial charge in [0.05, 0.1) is 6.61 Å². The molecule has 0 spiro atoms. The van der Waals surface area contributed by atoms with Gasteiger partial charge in [-0.1, -0.05) is 24.3 Å². The van der Waals surface area contributed by atoms with E-state index in [0.29, 0.717) is 6.54 Å². The van der Waals surface area contributed by atoms with Gasteiger partial charge in [-0.2, -0.15) is 0 Å². The van der Waals surface area contributed by atoms with Crippen LogP contribution in [0.4, 0.5) is 0 Å². The third-order valence-electron chi connectivity index (χ3n) is 4.38.